The lowest BCUT2D eigenvalue weighted by Gasteiger charge is -2.16. The lowest BCUT2D eigenvalue weighted by Crippen LogP contribution is -2.25. The molecule has 0 aliphatic heterocycles. The normalized spacial score (nSPS) is 16.5. The molecule has 0 fully saturated rings. The molecule has 6 nitrogen and oxygen atoms in total. The van der Waals surface area contributed by atoms with E-state index in [1.165, 1.54) is 18.4 Å². The van der Waals surface area contributed by atoms with Crippen molar-refractivity contribution >= 4 is 34.2 Å². The second-order valence-corrected chi connectivity index (χ2v) is 6.84. The Labute approximate surface area is 144 Å². The standard InChI is InChI=1S/C17H21NO5S/c1-10-11(2)24-15(14(10)17(21)22-3)18-13(19)9-23-16(20)12-7-5-4-6-8-12/h4-5,12H,6-9H2,1-3H3,(H,18,19)/t12-/m1/s1. The molecule has 0 bridgehead atoms. The predicted octanol–water partition coefficient (Wildman–Crippen LogP) is 2.99. The third-order valence-electron chi connectivity index (χ3n) is 3.98. The number of thiophene rings is 1. The number of amides is 1. The maximum absolute atomic E-state index is 12.0. The van der Waals surface area contributed by atoms with Gasteiger partial charge in [-0.25, -0.2) is 4.79 Å². The molecule has 1 aromatic rings. The molecule has 1 aliphatic rings. The van der Waals surface area contributed by atoms with Crippen molar-refractivity contribution in [2.45, 2.75) is 33.1 Å². The Hall–Kier alpha value is -2.15. The lowest BCUT2D eigenvalue weighted by atomic mass is 9.95. The van der Waals surface area contributed by atoms with Crippen LogP contribution in [0.3, 0.4) is 0 Å². The van der Waals surface area contributed by atoms with Crippen LogP contribution in [-0.4, -0.2) is 31.6 Å². The molecule has 1 aromatic heterocycles. The van der Waals surface area contributed by atoms with Crippen LogP contribution in [0, 0.1) is 19.8 Å². The molecule has 1 aliphatic carbocycles. The molecule has 24 heavy (non-hydrogen) atoms. The van der Waals surface area contributed by atoms with E-state index in [0.717, 1.165) is 23.3 Å². The average molecular weight is 351 g/mol. The summed E-state index contributed by atoms with van der Waals surface area (Å²) < 4.78 is 9.84. The summed E-state index contributed by atoms with van der Waals surface area (Å²) in [6.45, 7) is 3.29. The monoisotopic (exact) mass is 351 g/mol. The van der Waals surface area contributed by atoms with Gasteiger partial charge in [-0.2, -0.15) is 0 Å². The summed E-state index contributed by atoms with van der Waals surface area (Å²) in [5.41, 5.74) is 1.12. The summed E-state index contributed by atoms with van der Waals surface area (Å²) in [7, 11) is 1.29. The molecule has 0 saturated carbocycles. The number of allylic oxidation sites excluding steroid dienone is 2. The molecule has 0 spiro atoms. The Morgan fingerprint density at radius 2 is 2.04 bits per heavy atom. The zero-order chi connectivity index (χ0) is 17.7. The zero-order valence-electron chi connectivity index (χ0n) is 14.0. The first-order valence-corrected chi connectivity index (χ1v) is 8.55. The fourth-order valence-corrected chi connectivity index (χ4v) is 3.55. The third kappa shape index (κ3) is 4.23. The summed E-state index contributed by atoms with van der Waals surface area (Å²) in [6.07, 6.45) is 6.23. The van der Waals surface area contributed by atoms with E-state index in [4.69, 9.17) is 9.47 Å². The summed E-state index contributed by atoms with van der Waals surface area (Å²) in [4.78, 5) is 36.7. The first-order chi connectivity index (χ1) is 11.4. The Kier molecular flexibility index (Phi) is 6.14. The van der Waals surface area contributed by atoms with Crippen LogP contribution in [-0.2, 0) is 19.1 Å². The minimum absolute atomic E-state index is 0.181. The Morgan fingerprint density at radius 1 is 1.29 bits per heavy atom. The largest absolute Gasteiger partial charge is 0.465 e. The predicted molar refractivity (Wildman–Crippen MR) is 91.2 cm³/mol. The zero-order valence-corrected chi connectivity index (χ0v) is 14.8. The van der Waals surface area contributed by atoms with E-state index < -0.39 is 11.9 Å². The van der Waals surface area contributed by atoms with E-state index in [9.17, 15) is 14.4 Å². The van der Waals surface area contributed by atoms with Gasteiger partial charge >= 0.3 is 11.9 Å². The van der Waals surface area contributed by atoms with Gasteiger partial charge in [0.05, 0.1) is 18.6 Å². The van der Waals surface area contributed by atoms with E-state index in [2.05, 4.69) is 5.32 Å². The van der Waals surface area contributed by atoms with Gasteiger partial charge in [0.25, 0.3) is 5.91 Å². The number of ether oxygens (including phenoxy) is 2. The lowest BCUT2D eigenvalue weighted by molar-refractivity contribution is -0.151. The second-order valence-electron chi connectivity index (χ2n) is 5.62. The highest BCUT2D eigenvalue weighted by molar-refractivity contribution is 7.16. The Bertz CT molecular complexity index is 677. The molecule has 130 valence electrons. The highest BCUT2D eigenvalue weighted by atomic mass is 32.1. The molecule has 7 heteroatoms. The van der Waals surface area contributed by atoms with Crippen molar-refractivity contribution in [2.24, 2.45) is 5.92 Å². The minimum Gasteiger partial charge on any atom is -0.465 e. The number of aryl methyl sites for hydroxylation is 1. The van der Waals surface area contributed by atoms with Crippen molar-refractivity contribution in [1.29, 1.82) is 0 Å². The SMILES string of the molecule is COC(=O)c1c(NC(=O)COC(=O)[C@@H]2CC=CCC2)sc(C)c1C. The molecule has 1 heterocycles. The van der Waals surface area contributed by atoms with Crippen molar-refractivity contribution in [3.05, 3.63) is 28.2 Å². The van der Waals surface area contributed by atoms with Crippen LogP contribution in [0.5, 0.6) is 0 Å². The van der Waals surface area contributed by atoms with Gasteiger partial charge in [-0.05, 0) is 38.7 Å². The fraction of sp³-hybridized carbons (Fsp3) is 0.471. The first kappa shape index (κ1) is 18.2. The van der Waals surface area contributed by atoms with E-state index in [1.807, 2.05) is 19.1 Å². The molecular weight excluding hydrogens is 330 g/mol. The molecule has 1 N–H and O–H groups in total. The van der Waals surface area contributed by atoms with Crippen molar-refractivity contribution in [3.63, 3.8) is 0 Å². The molecule has 1 atom stereocenters. The summed E-state index contributed by atoms with van der Waals surface area (Å²) in [5, 5.41) is 3.05. The van der Waals surface area contributed by atoms with Crippen LogP contribution in [0.15, 0.2) is 12.2 Å². The van der Waals surface area contributed by atoms with Crippen LogP contribution >= 0.6 is 11.3 Å². The maximum atomic E-state index is 12.0. The molecule has 1 amide bonds. The van der Waals surface area contributed by atoms with Crippen molar-refractivity contribution in [2.75, 3.05) is 19.0 Å². The number of nitrogens with one attached hydrogen (secondary N) is 1. The van der Waals surface area contributed by atoms with Gasteiger partial charge in [-0.3, -0.25) is 9.59 Å². The maximum Gasteiger partial charge on any atom is 0.341 e. The second kappa shape index (κ2) is 8.10. The van der Waals surface area contributed by atoms with Crippen molar-refractivity contribution in [1.82, 2.24) is 0 Å². The van der Waals surface area contributed by atoms with Crippen LogP contribution < -0.4 is 5.32 Å². The summed E-state index contributed by atoms with van der Waals surface area (Å²) >= 11 is 1.29. The first-order valence-electron chi connectivity index (χ1n) is 7.73. The van der Waals surface area contributed by atoms with E-state index in [1.54, 1.807) is 6.92 Å². The van der Waals surface area contributed by atoms with Gasteiger partial charge in [-0.15, -0.1) is 11.3 Å². The number of carbonyl (C=O) groups is 3. The van der Waals surface area contributed by atoms with Gasteiger partial charge in [0, 0.05) is 4.88 Å². The Morgan fingerprint density at radius 3 is 2.67 bits per heavy atom. The Balaban J connectivity index is 1.95. The van der Waals surface area contributed by atoms with Gasteiger partial charge < -0.3 is 14.8 Å². The number of carbonyl (C=O) groups excluding carboxylic acids is 3. The van der Waals surface area contributed by atoms with Crippen molar-refractivity contribution < 1.29 is 23.9 Å². The van der Waals surface area contributed by atoms with E-state index >= 15 is 0 Å². The molecule has 0 radical (unpaired) electrons. The van der Waals surface area contributed by atoms with Gasteiger partial charge in [0.1, 0.15) is 5.00 Å². The van der Waals surface area contributed by atoms with Gasteiger partial charge in [-0.1, -0.05) is 12.2 Å². The fourth-order valence-electron chi connectivity index (χ4n) is 2.49. The van der Waals surface area contributed by atoms with Gasteiger partial charge in [0.2, 0.25) is 0 Å². The van der Waals surface area contributed by atoms with Gasteiger partial charge in [0.15, 0.2) is 6.61 Å². The molecule has 0 saturated heterocycles. The summed E-state index contributed by atoms with van der Waals surface area (Å²) in [6, 6.07) is 0. The quantitative estimate of drug-likeness (QED) is 0.651. The number of hydrogen-bond donors (Lipinski definition) is 1. The van der Waals surface area contributed by atoms with Crippen LogP contribution in [0.25, 0.3) is 0 Å². The third-order valence-corrected chi connectivity index (χ3v) is 5.10. The van der Waals surface area contributed by atoms with E-state index in [-0.39, 0.29) is 18.5 Å². The number of anilines is 1. The smallest absolute Gasteiger partial charge is 0.341 e. The number of hydrogen-bond acceptors (Lipinski definition) is 6. The number of rotatable bonds is 5. The molecule has 0 aromatic carbocycles. The van der Waals surface area contributed by atoms with Crippen LogP contribution in [0.4, 0.5) is 5.00 Å². The van der Waals surface area contributed by atoms with Crippen LogP contribution in [0.1, 0.15) is 40.1 Å². The van der Waals surface area contributed by atoms with Crippen LogP contribution in [0.2, 0.25) is 0 Å². The highest BCUT2D eigenvalue weighted by Gasteiger charge is 2.23. The summed E-state index contributed by atoms with van der Waals surface area (Å²) in [5.74, 6) is -1.51. The number of methoxy groups -OCH3 is 1. The number of esters is 2. The van der Waals surface area contributed by atoms with Crippen molar-refractivity contribution in [3.8, 4) is 0 Å². The minimum atomic E-state index is -0.502. The van der Waals surface area contributed by atoms with E-state index in [0.29, 0.717) is 17.0 Å². The molecule has 0 unspecified atom stereocenters. The molecular formula is C17H21NO5S. The molecule has 2 rings (SSSR count). The topological polar surface area (TPSA) is 81.7 Å². The highest BCUT2D eigenvalue weighted by Crippen LogP contribution is 2.32. The average Bonchev–Trinajstić information content (AvgIpc) is 2.86.